The van der Waals surface area contributed by atoms with Gasteiger partial charge in [-0.1, -0.05) is 41.7 Å². The van der Waals surface area contributed by atoms with Crippen LogP contribution in [-0.4, -0.2) is 42.3 Å². The number of ketones is 1. The monoisotopic (exact) mass is 463 g/mol. The van der Waals surface area contributed by atoms with E-state index in [1.165, 1.54) is 6.92 Å². The first-order valence-electron chi connectivity index (χ1n) is 10.6. The highest BCUT2D eigenvalue weighted by Gasteiger charge is 2.36. The van der Waals surface area contributed by atoms with Gasteiger partial charge in [-0.2, -0.15) is 0 Å². The number of benzene rings is 2. The molecule has 9 heteroatoms. The maximum atomic E-state index is 12.9. The van der Waals surface area contributed by atoms with Crippen molar-refractivity contribution in [3.63, 3.8) is 0 Å². The van der Waals surface area contributed by atoms with Crippen molar-refractivity contribution in [1.82, 2.24) is 4.98 Å². The normalized spacial score (nSPS) is 17.2. The molecule has 1 N–H and O–H groups in total. The average Bonchev–Trinajstić information content (AvgIpc) is 3.43. The van der Waals surface area contributed by atoms with Crippen LogP contribution in [0.2, 0.25) is 0 Å². The van der Waals surface area contributed by atoms with Gasteiger partial charge in [-0.25, -0.2) is 4.98 Å². The molecule has 5 rings (SSSR count). The lowest BCUT2D eigenvalue weighted by Crippen LogP contribution is -2.28. The lowest BCUT2D eigenvalue weighted by molar-refractivity contribution is -0.122. The number of Topliss-reactive ketones (excluding diaryl/α,β-unsaturated/α-hetero) is 1. The SMILES string of the molecule is CC(=O)c1sc(NC(=O)C2CC(=O)N(c3ccc4c(c3)OCCO4)C2)nc1-c1ccccc1. The smallest absolute Gasteiger partial charge is 0.231 e. The van der Waals surface area contributed by atoms with E-state index in [2.05, 4.69) is 10.3 Å². The second kappa shape index (κ2) is 8.67. The standard InChI is InChI=1S/C24H21N3O5S/c1-14(28)22-21(15-5-3-2-4-6-15)25-24(33-22)26-23(30)16-11-20(29)27(13-16)17-7-8-18-19(12-17)32-10-9-31-18/h2-8,12,16H,9-11,13H2,1H3,(H,25,26,30). The van der Waals surface area contributed by atoms with E-state index in [0.29, 0.717) is 46.1 Å². The minimum atomic E-state index is -0.532. The van der Waals surface area contributed by atoms with Gasteiger partial charge in [-0.15, -0.1) is 0 Å². The van der Waals surface area contributed by atoms with E-state index in [0.717, 1.165) is 16.9 Å². The fourth-order valence-corrected chi connectivity index (χ4v) is 4.83. The molecule has 8 nitrogen and oxygen atoms in total. The van der Waals surface area contributed by atoms with Crippen LogP contribution in [0.3, 0.4) is 0 Å². The van der Waals surface area contributed by atoms with Crippen LogP contribution < -0.4 is 19.7 Å². The second-order valence-electron chi connectivity index (χ2n) is 7.84. The maximum absolute atomic E-state index is 12.9. The molecule has 168 valence electrons. The number of ether oxygens (including phenoxy) is 2. The third kappa shape index (κ3) is 4.19. The minimum Gasteiger partial charge on any atom is -0.486 e. The Morgan fingerprint density at radius 2 is 1.85 bits per heavy atom. The van der Waals surface area contributed by atoms with Crippen LogP contribution in [0.4, 0.5) is 10.8 Å². The molecule has 0 aliphatic carbocycles. The predicted octanol–water partition coefficient (Wildman–Crippen LogP) is 3.78. The van der Waals surface area contributed by atoms with E-state index in [9.17, 15) is 14.4 Å². The van der Waals surface area contributed by atoms with Gasteiger partial charge in [-0.05, 0) is 12.1 Å². The summed E-state index contributed by atoms with van der Waals surface area (Å²) in [5, 5.41) is 3.15. The first kappa shape index (κ1) is 21.1. The Balaban J connectivity index is 1.32. The highest BCUT2D eigenvalue weighted by Crippen LogP contribution is 2.36. The molecule has 1 atom stereocenters. The summed E-state index contributed by atoms with van der Waals surface area (Å²) in [7, 11) is 0. The summed E-state index contributed by atoms with van der Waals surface area (Å²) < 4.78 is 11.1. The Bertz CT molecular complexity index is 1240. The number of thiazole rings is 1. The first-order valence-corrected chi connectivity index (χ1v) is 11.4. The summed E-state index contributed by atoms with van der Waals surface area (Å²) in [5.41, 5.74) is 2.02. The number of hydrogen-bond donors (Lipinski definition) is 1. The largest absolute Gasteiger partial charge is 0.486 e. The zero-order valence-corrected chi connectivity index (χ0v) is 18.7. The number of fused-ring (bicyclic) bond motifs is 1. The van der Waals surface area contributed by atoms with Gasteiger partial charge >= 0.3 is 0 Å². The van der Waals surface area contributed by atoms with Crippen LogP contribution in [-0.2, 0) is 9.59 Å². The van der Waals surface area contributed by atoms with Crippen LogP contribution in [0, 0.1) is 5.92 Å². The molecule has 0 spiro atoms. The van der Waals surface area contributed by atoms with Gasteiger partial charge in [0, 0.05) is 37.2 Å². The van der Waals surface area contributed by atoms with Crippen molar-refractivity contribution in [2.24, 2.45) is 5.92 Å². The number of nitrogens with one attached hydrogen (secondary N) is 1. The number of aromatic nitrogens is 1. The first-order chi connectivity index (χ1) is 16.0. The van der Waals surface area contributed by atoms with Gasteiger partial charge in [-0.3, -0.25) is 14.4 Å². The Labute approximate surface area is 194 Å². The number of hydrogen-bond acceptors (Lipinski definition) is 7. The molecule has 2 amide bonds. The molecule has 1 aromatic heterocycles. The molecule has 3 aromatic rings. The van der Waals surface area contributed by atoms with Gasteiger partial charge in [0.25, 0.3) is 0 Å². The fourth-order valence-electron chi connectivity index (χ4n) is 3.94. The number of anilines is 2. The van der Waals surface area contributed by atoms with Crippen LogP contribution >= 0.6 is 11.3 Å². The van der Waals surface area contributed by atoms with Crippen LogP contribution in [0.5, 0.6) is 11.5 Å². The van der Waals surface area contributed by atoms with E-state index >= 15 is 0 Å². The summed E-state index contributed by atoms with van der Waals surface area (Å²) in [6.07, 6.45) is 0.0940. The Morgan fingerprint density at radius 1 is 1.09 bits per heavy atom. The summed E-state index contributed by atoms with van der Waals surface area (Å²) in [6, 6.07) is 14.7. The molecule has 2 aromatic carbocycles. The van der Waals surface area contributed by atoms with E-state index in [4.69, 9.17) is 9.47 Å². The Morgan fingerprint density at radius 3 is 2.61 bits per heavy atom. The summed E-state index contributed by atoms with van der Waals surface area (Å²) >= 11 is 1.14. The summed E-state index contributed by atoms with van der Waals surface area (Å²) in [6.45, 7) is 2.68. The van der Waals surface area contributed by atoms with Gasteiger partial charge in [0.1, 0.15) is 13.2 Å². The molecule has 2 aliphatic rings. The van der Waals surface area contributed by atoms with E-state index in [1.807, 2.05) is 30.3 Å². The number of carbonyl (C=O) groups is 3. The number of amides is 2. The molecule has 3 heterocycles. The van der Waals surface area contributed by atoms with E-state index < -0.39 is 5.92 Å². The van der Waals surface area contributed by atoms with Gasteiger partial charge < -0.3 is 19.7 Å². The number of nitrogens with zero attached hydrogens (tertiary/aromatic N) is 2. The van der Waals surface area contributed by atoms with E-state index in [-0.39, 0.29) is 30.6 Å². The topological polar surface area (TPSA) is 97.8 Å². The van der Waals surface area contributed by atoms with Gasteiger partial charge in [0.2, 0.25) is 11.8 Å². The highest BCUT2D eigenvalue weighted by atomic mass is 32.1. The lowest BCUT2D eigenvalue weighted by atomic mass is 10.1. The van der Waals surface area contributed by atoms with Crippen molar-refractivity contribution < 1.29 is 23.9 Å². The van der Waals surface area contributed by atoms with Crippen molar-refractivity contribution in [2.45, 2.75) is 13.3 Å². The fraction of sp³-hybridized carbons (Fsp3) is 0.250. The third-order valence-corrected chi connectivity index (χ3v) is 6.63. The number of carbonyl (C=O) groups excluding carboxylic acids is 3. The molecular formula is C24H21N3O5S. The Kier molecular flexibility index (Phi) is 5.55. The quantitative estimate of drug-likeness (QED) is 0.579. The summed E-state index contributed by atoms with van der Waals surface area (Å²) in [4.78, 5) is 44.3. The van der Waals surface area contributed by atoms with Crippen LogP contribution in [0.1, 0.15) is 23.0 Å². The second-order valence-corrected chi connectivity index (χ2v) is 8.84. The molecule has 0 saturated carbocycles. The minimum absolute atomic E-state index is 0.0940. The van der Waals surface area contributed by atoms with Crippen molar-refractivity contribution in [3.05, 3.63) is 53.4 Å². The third-order valence-electron chi connectivity index (χ3n) is 5.56. The number of rotatable bonds is 5. The zero-order valence-electron chi connectivity index (χ0n) is 17.9. The van der Waals surface area contributed by atoms with Crippen molar-refractivity contribution in [2.75, 3.05) is 30.0 Å². The van der Waals surface area contributed by atoms with Crippen molar-refractivity contribution in [1.29, 1.82) is 0 Å². The van der Waals surface area contributed by atoms with Crippen LogP contribution in [0.15, 0.2) is 48.5 Å². The molecule has 1 unspecified atom stereocenters. The zero-order chi connectivity index (χ0) is 22.9. The van der Waals surface area contributed by atoms with Gasteiger partial charge in [0.05, 0.1) is 16.5 Å². The molecule has 0 radical (unpaired) electrons. The van der Waals surface area contributed by atoms with E-state index in [1.54, 1.807) is 23.1 Å². The Hall–Kier alpha value is -3.72. The molecule has 1 fully saturated rings. The molecule has 0 bridgehead atoms. The molecule has 33 heavy (non-hydrogen) atoms. The predicted molar refractivity (Wildman–Crippen MR) is 124 cm³/mol. The summed E-state index contributed by atoms with van der Waals surface area (Å²) in [5.74, 6) is 0.146. The highest BCUT2D eigenvalue weighted by molar-refractivity contribution is 7.18. The molecule has 1 saturated heterocycles. The lowest BCUT2D eigenvalue weighted by Gasteiger charge is -2.22. The molecule has 2 aliphatic heterocycles. The van der Waals surface area contributed by atoms with Gasteiger partial charge in [0.15, 0.2) is 22.4 Å². The average molecular weight is 464 g/mol. The maximum Gasteiger partial charge on any atom is 0.231 e. The van der Waals surface area contributed by atoms with Crippen LogP contribution in [0.25, 0.3) is 11.3 Å². The van der Waals surface area contributed by atoms with Crippen molar-refractivity contribution >= 4 is 39.8 Å². The molecular weight excluding hydrogens is 442 g/mol. The van der Waals surface area contributed by atoms with Crippen molar-refractivity contribution in [3.8, 4) is 22.8 Å².